The molecule has 2 bridgehead atoms. The highest BCUT2D eigenvalue weighted by Crippen LogP contribution is 2.76. The molecule has 3 aliphatic heterocycles. The molecule has 0 unspecified atom stereocenters. The molecule has 5 rings (SSSR count). The largest absolute Gasteiger partial charge is 0.456 e. The zero-order valence-electron chi connectivity index (χ0n) is 17.5. The van der Waals surface area contributed by atoms with Gasteiger partial charge < -0.3 is 39.4 Å². The first-order chi connectivity index (χ1) is 13.8. The molecule has 0 aromatic heterocycles. The summed E-state index contributed by atoms with van der Waals surface area (Å²) in [6.45, 7) is 6.33. The maximum atomic E-state index is 12.9. The molecule has 5 aliphatic rings. The zero-order chi connectivity index (χ0) is 22.2. The molecule has 10 heteroatoms. The first-order valence-corrected chi connectivity index (χ1v) is 10.3. The van der Waals surface area contributed by atoms with Crippen LogP contribution in [0.2, 0.25) is 0 Å². The molecule has 11 atom stereocenters. The van der Waals surface area contributed by atoms with Crippen LogP contribution in [0.5, 0.6) is 0 Å². The van der Waals surface area contributed by atoms with Gasteiger partial charge in [0.1, 0.15) is 35.4 Å². The van der Waals surface area contributed by atoms with Gasteiger partial charge in [-0.2, -0.15) is 0 Å². The molecule has 5 fully saturated rings. The number of esters is 2. The lowest BCUT2D eigenvalue weighted by Crippen LogP contribution is -2.78. The highest BCUT2D eigenvalue weighted by atomic mass is 16.7. The Kier molecular flexibility index (Phi) is 3.68. The first kappa shape index (κ1) is 20.6. The molecule has 2 saturated carbocycles. The lowest BCUT2D eigenvalue weighted by molar-refractivity contribution is -0.314. The van der Waals surface area contributed by atoms with Gasteiger partial charge in [0, 0.05) is 13.5 Å². The van der Waals surface area contributed by atoms with Gasteiger partial charge in [0.25, 0.3) is 0 Å². The van der Waals surface area contributed by atoms with Crippen molar-refractivity contribution in [3.63, 3.8) is 0 Å². The van der Waals surface area contributed by atoms with E-state index in [0.717, 1.165) is 0 Å². The van der Waals surface area contributed by atoms with E-state index in [0.29, 0.717) is 0 Å². The molecule has 0 radical (unpaired) electrons. The van der Waals surface area contributed by atoms with E-state index in [1.807, 2.05) is 0 Å². The molecule has 1 spiro atoms. The summed E-state index contributed by atoms with van der Waals surface area (Å²) in [5.41, 5.74) is -9.00. The Bertz CT molecular complexity index is 843. The number of aliphatic hydroxyl groups is 4. The number of hydrogen-bond acceptors (Lipinski definition) is 10. The van der Waals surface area contributed by atoms with Crippen molar-refractivity contribution in [1.29, 1.82) is 0 Å². The average Bonchev–Trinajstić information content (AvgIpc) is 3.33. The van der Waals surface area contributed by atoms with Crippen LogP contribution in [-0.4, -0.2) is 92.4 Å². The third kappa shape index (κ3) is 1.71. The van der Waals surface area contributed by atoms with E-state index < -0.39 is 82.1 Å². The minimum Gasteiger partial charge on any atom is -0.456 e. The molecule has 0 aromatic carbocycles. The zero-order valence-corrected chi connectivity index (χ0v) is 17.5. The van der Waals surface area contributed by atoms with Gasteiger partial charge in [-0.1, -0.05) is 20.8 Å². The lowest BCUT2D eigenvalue weighted by atomic mass is 9.48. The third-order valence-electron chi connectivity index (χ3n) is 8.81. The first-order valence-electron chi connectivity index (χ1n) is 10.3. The van der Waals surface area contributed by atoms with E-state index in [9.17, 15) is 30.0 Å². The van der Waals surface area contributed by atoms with Gasteiger partial charge in [0.15, 0.2) is 17.3 Å². The van der Waals surface area contributed by atoms with Crippen molar-refractivity contribution in [2.24, 2.45) is 17.3 Å². The second-order valence-electron chi connectivity index (χ2n) is 10.0. The van der Waals surface area contributed by atoms with Gasteiger partial charge in [-0.25, -0.2) is 4.79 Å². The van der Waals surface area contributed by atoms with Crippen molar-refractivity contribution in [3.05, 3.63) is 0 Å². The summed E-state index contributed by atoms with van der Waals surface area (Å²) in [4.78, 5) is 25.6. The van der Waals surface area contributed by atoms with Crippen molar-refractivity contribution in [3.8, 4) is 0 Å². The summed E-state index contributed by atoms with van der Waals surface area (Å²) in [5.74, 6) is -3.64. The molecule has 4 N–H and O–H groups in total. The van der Waals surface area contributed by atoms with Crippen molar-refractivity contribution < 1.29 is 49.0 Å². The Morgan fingerprint density at radius 3 is 2.23 bits per heavy atom. The maximum Gasteiger partial charge on any atom is 0.341 e. The summed E-state index contributed by atoms with van der Waals surface area (Å²) in [6, 6.07) is 0. The fraction of sp³-hybridized carbons (Fsp3) is 0.900. The van der Waals surface area contributed by atoms with Crippen LogP contribution in [0.25, 0.3) is 0 Å². The number of methoxy groups -OCH3 is 1. The predicted octanol–water partition coefficient (Wildman–Crippen LogP) is -1.74. The number of ether oxygens (including phenoxy) is 4. The number of hydrogen-bond donors (Lipinski definition) is 4. The minimum absolute atomic E-state index is 0.357. The monoisotopic (exact) mass is 428 g/mol. The van der Waals surface area contributed by atoms with Gasteiger partial charge in [-0.3, -0.25) is 4.79 Å². The summed E-state index contributed by atoms with van der Waals surface area (Å²) >= 11 is 0. The van der Waals surface area contributed by atoms with Crippen molar-refractivity contribution in [2.75, 3.05) is 7.11 Å². The maximum absolute atomic E-state index is 12.9. The minimum atomic E-state index is -2.21. The Morgan fingerprint density at radius 2 is 1.73 bits per heavy atom. The van der Waals surface area contributed by atoms with Crippen LogP contribution >= 0.6 is 0 Å². The molecular weight excluding hydrogens is 400 g/mol. The number of rotatable bonds is 3. The number of aliphatic hydroxyl groups excluding tert-OH is 1. The molecule has 3 saturated heterocycles. The van der Waals surface area contributed by atoms with Gasteiger partial charge in [0.05, 0.1) is 11.5 Å². The van der Waals surface area contributed by atoms with E-state index in [4.69, 9.17) is 18.9 Å². The standard InChI is InChI=1S/C20H28O10/c1-7(2)19(25)9-14(22)29-12(19)10(27-5)16(4)18(11-13(28-11)20(9,16)26)6-17(24,8(3)21)15(23)30-18/h7-13,21,24-26H,6H2,1-5H3/t8-,9-,10-,11-,12-,13+,16+,17-,18-,19-,20+/m1/s1. The molecule has 2 aliphatic carbocycles. The van der Waals surface area contributed by atoms with Crippen LogP contribution in [0.3, 0.4) is 0 Å². The quantitative estimate of drug-likeness (QED) is 0.301. The lowest BCUT2D eigenvalue weighted by Gasteiger charge is -2.60. The predicted molar refractivity (Wildman–Crippen MR) is 95.7 cm³/mol. The summed E-state index contributed by atoms with van der Waals surface area (Å²) in [5, 5.41) is 44.8. The van der Waals surface area contributed by atoms with E-state index in [-0.39, 0.29) is 6.42 Å². The second-order valence-corrected chi connectivity index (χ2v) is 10.0. The molecule has 10 nitrogen and oxygen atoms in total. The Balaban J connectivity index is 1.74. The Morgan fingerprint density at radius 1 is 1.10 bits per heavy atom. The van der Waals surface area contributed by atoms with Gasteiger partial charge >= 0.3 is 11.9 Å². The summed E-state index contributed by atoms with van der Waals surface area (Å²) in [6.07, 6.45) is -5.76. The van der Waals surface area contributed by atoms with E-state index >= 15 is 0 Å². The van der Waals surface area contributed by atoms with Crippen LogP contribution < -0.4 is 0 Å². The normalized spacial score (nSPS) is 59.2. The molecule has 0 amide bonds. The highest BCUT2D eigenvalue weighted by Gasteiger charge is 2.96. The van der Waals surface area contributed by atoms with Crippen LogP contribution in [0.1, 0.15) is 34.1 Å². The van der Waals surface area contributed by atoms with Crippen LogP contribution in [-0.2, 0) is 28.5 Å². The van der Waals surface area contributed by atoms with Crippen molar-refractivity contribution in [1.82, 2.24) is 0 Å². The molecule has 0 aromatic rings. The molecule has 30 heavy (non-hydrogen) atoms. The van der Waals surface area contributed by atoms with Gasteiger partial charge in [-0.15, -0.1) is 0 Å². The Hall–Kier alpha value is -1.30. The van der Waals surface area contributed by atoms with E-state index in [2.05, 4.69) is 0 Å². The fourth-order valence-corrected chi connectivity index (χ4v) is 6.99. The van der Waals surface area contributed by atoms with E-state index in [1.165, 1.54) is 14.0 Å². The van der Waals surface area contributed by atoms with Gasteiger partial charge in [-0.05, 0) is 12.8 Å². The SMILES string of the molecule is CO[C@@H]1[C@H]2OC(=O)[C@H]([C@]2(O)C(C)C)[C@]2(O)[C@H]3O[C@H]3[C@]3(C[C@@](O)([C@@H](C)O)C(=O)O3)[C@]12C. The average molecular weight is 428 g/mol. The van der Waals surface area contributed by atoms with Gasteiger partial charge in [0.2, 0.25) is 0 Å². The number of carbonyl (C=O) groups excluding carboxylic acids is 2. The second kappa shape index (κ2) is 5.36. The van der Waals surface area contributed by atoms with E-state index in [1.54, 1.807) is 20.8 Å². The van der Waals surface area contributed by atoms with Crippen LogP contribution in [0.15, 0.2) is 0 Å². The van der Waals surface area contributed by atoms with Crippen LogP contribution in [0.4, 0.5) is 0 Å². The number of fused-ring (bicyclic) bond motifs is 8. The molecule has 3 heterocycles. The topological polar surface area (TPSA) is 155 Å². The fourth-order valence-electron chi connectivity index (χ4n) is 6.99. The molecular formula is C20H28O10. The van der Waals surface area contributed by atoms with Crippen LogP contribution in [0, 0.1) is 17.3 Å². The van der Waals surface area contributed by atoms with Crippen molar-refractivity contribution in [2.45, 2.75) is 87.0 Å². The van der Waals surface area contributed by atoms with Crippen molar-refractivity contribution >= 4 is 11.9 Å². The Labute approximate surface area is 173 Å². The molecule has 168 valence electrons. The third-order valence-corrected chi connectivity index (χ3v) is 8.81. The summed E-state index contributed by atoms with van der Waals surface area (Å²) in [7, 11) is 1.36. The number of carbonyl (C=O) groups is 2. The smallest absolute Gasteiger partial charge is 0.341 e. The number of epoxide rings is 1. The highest BCUT2D eigenvalue weighted by molar-refractivity contribution is 5.85. The summed E-state index contributed by atoms with van der Waals surface area (Å²) < 4.78 is 22.7.